The molecule has 1 aromatic heterocycles. The van der Waals surface area contributed by atoms with Gasteiger partial charge in [-0.1, -0.05) is 12.1 Å². The molecule has 0 aliphatic heterocycles. The minimum atomic E-state index is -0.104. The molecule has 2 rings (SSSR count). The van der Waals surface area contributed by atoms with Gasteiger partial charge in [-0.05, 0) is 29.8 Å². The van der Waals surface area contributed by atoms with E-state index in [4.69, 9.17) is 5.26 Å². The zero-order valence-electron chi connectivity index (χ0n) is 12.0. The van der Waals surface area contributed by atoms with Crippen LogP contribution in [-0.4, -0.2) is 29.9 Å². The van der Waals surface area contributed by atoms with Gasteiger partial charge in [0.05, 0.1) is 17.2 Å². The van der Waals surface area contributed by atoms with Crippen LogP contribution in [-0.2, 0) is 6.54 Å². The summed E-state index contributed by atoms with van der Waals surface area (Å²) in [6, 6.07) is 12.8. The van der Waals surface area contributed by atoms with Crippen molar-refractivity contribution in [1.29, 1.82) is 5.26 Å². The van der Waals surface area contributed by atoms with E-state index in [1.54, 1.807) is 49.5 Å². The van der Waals surface area contributed by atoms with Crippen molar-refractivity contribution in [1.82, 2.24) is 9.88 Å². The fraction of sp³-hybridized carbons (Fsp3) is 0.188. The van der Waals surface area contributed by atoms with E-state index in [9.17, 15) is 4.79 Å². The molecule has 1 aromatic carbocycles. The second-order valence-corrected chi connectivity index (χ2v) is 4.66. The number of benzene rings is 1. The maximum Gasteiger partial charge on any atom is 0.255 e. The van der Waals surface area contributed by atoms with E-state index in [0.29, 0.717) is 17.7 Å². The minimum Gasteiger partial charge on any atom is -0.373 e. The highest BCUT2D eigenvalue weighted by molar-refractivity contribution is 5.93. The quantitative estimate of drug-likeness (QED) is 0.932. The Labute approximate surface area is 123 Å². The van der Waals surface area contributed by atoms with Crippen LogP contribution in [0.4, 0.5) is 5.82 Å². The van der Waals surface area contributed by atoms with Crippen molar-refractivity contribution in [3.05, 3.63) is 59.3 Å². The van der Waals surface area contributed by atoms with Gasteiger partial charge < -0.3 is 10.2 Å². The second kappa shape index (κ2) is 6.53. The summed E-state index contributed by atoms with van der Waals surface area (Å²) in [5.74, 6) is 0.614. The third-order valence-corrected chi connectivity index (χ3v) is 3.09. The molecule has 0 aliphatic rings. The second-order valence-electron chi connectivity index (χ2n) is 4.66. The van der Waals surface area contributed by atoms with Gasteiger partial charge in [0.2, 0.25) is 0 Å². The number of pyridine rings is 1. The van der Waals surface area contributed by atoms with Crippen molar-refractivity contribution in [2.75, 3.05) is 19.4 Å². The molecule has 0 aliphatic carbocycles. The fourth-order valence-corrected chi connectivity index (χ4v) is 1.97. The highest BCUT2D eigenvalue weighted by atomic mass is 16.2. The lowest BCUT2D eigenvalue weighted by Crippen LogP contribution is -2.26. The van der Waals surface area contributed by atoms with Gasteiger partial charge in [0.25, 0.3) is 5.91 Å². The molecular formula is C16H16N4O. The number of aromatic nitrogens is 1. The van der Waals surface area contributed by atoms with Crippen LogP contribution in [0.25, 0.3) is 0 Å². The smallest absolute Gasteiger partial charge is 0.255 e. The normalized spacial score (nSPS) is 9.76. The van der Waals surface area contributed by atoms with Gasteiger partial charge in [0.1, 0.15) is 5.82 Å². The number of hydrogen-bond acceptors (Lipinski definition) is 4. The molecule has 0 spiro atoms. The van der Waals surface area contributed by atoms with Crippen LogP contribution in [0, 0.1) is 11.3 Å². The number of nitriles is 1. The van der Waals surface area contributed by atoms with Crippen LogP contribution < -0.4 is 5.32 Å². The molecule has 0 saturated heterocycles. The summed E-state index contributed by atoms with van der Waals surface area (Å²) in [6.07, 6.45) is 1.55. The van der Waals surface area contributed by atoms with E-state index in [1.807, 2.05) is 12.1 Å². The number of nitrogens with one attached hydrogen (secondary N) is 1. The highest BCUT2D eigenvalue weighted by Gasteiger charge is 2.12. The SMILES string of the molecule is CNc1ccc(C(=O)N(C)Cc2cccc(C#N)c2)cn1. The first-order chi connectivity index (χ1) is 10.1. The molecule has 0 bridgehead atoms. The monoisotopic (exact) mass is 280 g/mol. The lowest BCUT2D eigenvalue weighted by molar-refractivity contribution is 0.0784. The van der Waals surface area contributed by atoms with Gasteiger partial charge in [-0.25, -0.2) is 4.98 Å². The molecule has 0 saturated carbocycles. The lowest BCUT2D eigenvalue weighted by atomic mass is 10.1. The van der Waals surface area contributed by atoms with Gasteiger partial charge in [-0.15, -0.1) is 0 Å². The summed E-state index contributed by atoms with van der Waals surface area (Å²) >= 11 is 0. The average molecular weight is 280 g/mol. The third kappa shape index (κ3) is 3.57. The number of amides is 1. The van der Waals surface area contributed by atoms with E-state index in [0.717, 1.165) is 11.4 Å². The Morgan fingerprint density at radius 2 is 2.19 bits per heavy atom. The summed E-state index contributed by atoms with van der Waals surface area (Å²) in [6.45, 7) is 0.447. The number of hydrogen-bond donors (Lipinski definition) is 1. The number of carbonyl (C=O) groups excluding carboxylic acids is 1. The maximum absolute atomic E-state index is 12.3. The molecule has 0 fully saturated rings. The Morgan fingerprint density at radius 3 is 2.81 bits per heavy atom. The molecule has 0 radical (unpaired) electrons. The summed E-state index contributed by atoms with van der Waals surface area (Å²) < 4.78 is 0. The van der Waals surface area contributed by atoms with Crippen molar-refractivity contribution < 1.29 is 4.79 Å². The first kappa shape index (κ1) is 14.5. The largest absolute Gasteiger partial charge is 0.373 e. The summed E-state index contributed by atoms with van der Waals surface area (Å²) in [5.41, 5.74) is 2.05. The van der Waals surface area contributed by atoms with E-state index < -0.39 is 0 Å². The van der Waals surface area contributed by atoms with E-state index in [-0.39, 0.29) is 5.91 Å². The maximum atomic E-state index is 12.3. The Bertz CT molecular complexity index is 673. The number of rotatable bonds is 4. The van der Waals surface area contributed by atoms with Gasteiger partial charge in [0, 0.05) is 26.8 Å². The van der Waals surface area contributed by atoms with Crippen LogP contribution in [0.3, 0.4) is 0 Å². The molecule has 2 aromatic rings. The zero-order valence-corrected chi connectivity index (χ0v) is 12.0. The Kier molecular flexibility index (Phi) is 4.52. The van der Waals surface area contributed by atoms with Crippen LogP contribution in [0.15, 0.2) is 42.6 Å². The van der Waals surface area contributed by atoms with Crippen LogP contribution in [0.2, 0.25) is 0 Å². The minimum absolute atomic E-state index is 0.104. The molecule has 5 nitrogen and oxygen atoms in total. The van der Waals surface area contributed by atoms with Gasteiger partial charge in [-0.3, -0.25) is 4.79 Å². The average Bonchev–Trinajstić information content (AvgIpc) is 2.54. The Balaban J connectivity index is 2.09. The number of nitrogens with zero attached hydrogens (tertiary/aromatic N) is 3. The van der Waals surface area contributed by atoms with Crippen LogP contribution in [0.1, 0.15) is 21.5 Å². The van der Waals surface area contributed by atoms with Crippen LogP contribution >= 0.6 is 0 Å². The van der Waals surface area contributed by atoms with Crippen molar-refractivity contribution in [3.8, 4) is 6.07 Å². The van der Waals surface area contributed by atoms with Crippen molar-refractivity contribution >= 4 is 11.7 Å². The first-order valence-electron chi connectivity index (χ1n) is 6.52. The van der Waals surface area contributed by atoms with Gasteiger partial charge >= 0.3 is 0 Å². The van der Waals surface area contributed by atoms with Crippen LogP contribution in [0.5, 0.6) is 0 Å². The van der Waals surface area contributed by atoms with Crippen molar-refractivity contribution in [2.24, 2.45) is 0 Å². The van der Waals surface area contributed by atoms with E-state index >= 15 is 0 Å². The molecule has 21 heavy (non-hydrogen) atoms. The van der Waals surface area contributed by atoms with Crippen molar-refractivity contribution in [3.63, 3.8) is 0 Å². The van der Waals surface area contributed by atoms with Crippen molar-refractivity contribution in [2.45, 2.75) is 6.54 Å². The standard InChI is InChI=1S/C16H16N4O/c1-18-15-7-6-14(10-19-15)16(21)20(2)11-13-5-3-4-12(8-13)9-17/h3-8,10H,11H2,1-2H3,(H,18,19). The lowest BCUT2D eigenvalue weighted by Gasteiger charge is -2.17. The molecule has 106 valence electrons. The molecule has 5 heteroatoms. The third-order valence-electron chi connectivity index (χ3n) is 3.09. The fourth-order valence-electron chi connectivity index (χ4n) is 1.97. The molecule has 1 amide bonds. The Morgan fingerprint density at radius 1 is 1.38 bits per heavy atom. The molecular weight excluding hydrogens is 264 g/mol. The molecule has 1 N–H and O–H groups in total. The zero-order chi connectivity index (χ0) is 15.2. The summed E-state index contributed by atoms with van der Waals surface area (Å²) in [7, 11) is 3.51. The Hall–Kier alpha value is -2.87. The predicted molar refractivity (Wildman–Crippen MR) is 80.7 cm³/mol. The molecule has 0 atom stereocenters. The molecule has 1 heterocycles. The summed E-state index contributed by atoms with van der Waals surface area (Å²) in [5, 5.41) is 11.8. The predicted octanol–water partition coefficient (Wildman–Crippen LogP) is 2.27. The van der Waals surface area contributed by atoms with Gasteiger partial charge in [0.15, 0.2) is 0 Å². The van der Waals surface area contributed by atoms with Gasteiger partial charge in [-0.2, -0.15) is 5.26 Å². The number of carbonyl (C=O) groups is 1. The van der Waals surface area contributed by atoms with E-state index in [1.165, 1.54) is 0 Å². The topological polar surface area (TPSA) is 69.0 Å². The first-order valence-corrected chi connectivity index (χ1v) is 6.52. The number of anilines is 1. The molecule has 0 unspecified atom stereocenters. The highest BCUT2D eigenvalue weighted by Crippen LogP contribution is 2.11. The van der Waals surface area contributed by atoms with E-state index in [2.05, 4.69) is 16.4 Å². The summed E-state index contributed by atoms with van der Waals surface area (Å²) in [4.78, 5) is 18.0.